The number of hydrogen-bond acceptors (Lipinski definition) is 8. The summed E-state index contributed by atoms with van der Waals surface area (Å²) in [6.07, 6.45) is -0.579. The summed E-state index contributed by atoms with van der Waals surface area (Å²) in [5.74, 6) is -5.19. The number of nitrogens with two attached hydrogens (primary N) is 3. The summed E-state index contributed by atoms with van der Waals surface area (Å²) in [5.41, 5.74) is 15.6. The SMILES string of the molecule is NC(=O)CCC(N)C(=O)NC(CCC(N)=O)C(=O)NCC(=O)NC(CS)C(=O)O. The maximum Gasteiger partial charge on any atom is 0.327 e. The third-order valence-corrected chi connectivity index (χ3v) is 3.96. The van der Waals surface area contributed by atoms with Crippen LogP contribution >= 0.6 is 12.6 Å². The topological polar surface area (TPSA) is 237 Å². The molecule has 0 aromatic rings. The van der Waals surface area contributed by atoms with Gasteiger partial charge in [0, 0.05) is 18.6 Å². The predicted molar refractivity (Wildman–Crippen MR) is 103 cm³/mol. The van der Waals surface area contributed by atoms with Crippen LogP contribution in [0.3, 0.4) is 0 Å². The summed E-state index contributed by atoms with van der Waals surface area (Å²) >= 11 is 3.79. The second kappa shape index (κ2) is 13.3. The molecule has 0 aromatic heterocycles. The van der Waals surface area contributed by atoms with Gasteiger partial charge in [0.15, 0.2) is 0 Å². The van der Waals surface area contributed by atoms with Crippen molar-refractivity contribution in [3.63, 3.8) is 0 Å². The van der Waals surface area contributed by atoms with Gasteiger partial charge < -0.3 is 38.3 Å². The van der Waals surface area contributed by atoms with E-state index in [0.717, 1.165) is 0 Å². The van der Waals surface area contributed by atoms with Gasteiger partial charge in [0.25, 0.3) is 0 Å². The zero-order valence-electron chi connectivity index (χ0n) is 15.6. The molecule has 0 aromatic carbocycles. The molecular formula is C15H26N6O7S. The molecule has 0 fully saturated rings. The van der Waals surface area contributed by atoms with Gasteiger partial charge >= 0.3 is 5.97 Å². The smallest absolute Gasteiger partial charge is 0.327 e. The van der Waals surface area contributed by atoms with Crippen LogP contribution in [0.4, 0.5) is 0 Å². The largest absolute Gasteiger partial charge is 0.480 e. The van der Waals surface area contributed by atoms with Gasteiger partial charge in [0.1, 0.15) is 12.1 Å². The van der Waals surface area contributed by atoms with E-state index < -0.39 is 60.2 Å². The summed E-state index contributed by atoms with van der Waals surface area (Å²) in [7, 11) is 0. The molecule has 0 bridgehead atoms. The van der Waals surface area contributed by atoms with Gasteiger partial charge in [-0.05, 0) is 12.8 Å². The highest BCUT2D eigenvalue weighted by molar-refractivity contribution is 7.80. The molecule has 0 saturated heterocycles. The van der Waals surface area contributed by atoms with Crippen molar-refractivity contribution < 1.29 is 33.9 Å². The molecule has 0 saturated carbocycles. The zero-order valence-corrected chi connectivity index (χ0v) is 16.4. The lowest BCUT2D eigenvalue weighted by atomic mass is 10.1. The normalized spacial score (nSPS) is 13.4. The van der Waals surface area contributed by atoms with E-state index in [1.54, 1.807) is 0 Å². The minimum absolute atomic E-state index is 0.0476. The highest BCUT2D eigenvalue weighted by atomic mass is 32.1. The molecule has 0 aliphatic heterocycles. The fourth-order valence-corrected chi connectivity index (χ4v) is 2.23. The number of carboxylic acid groups (broad SMARTS) is 1. The lowest BCUT2D eigenvalue weighted by Crippen LogP contribution is -2.53. The van der Waals surface area contributed by atoms with Crippen LogP contribution in [0.5, 0.6) is 0 Å². The Balaban J connectivity index is 4.84. The summed E-state index contributed by atoms with van der Waals surface area (Å²) < 4.78 is 0. The minimum Gasteiger partial charge on any atom is -0.480 e. The highest BCUT2D eigenvalue weighted by Crippen LogP contribution is 2.01. The zero-order chi connectivity index (χ0) is 22.6. The summed E-state index contributed by atoms with van der Waals surface area (Å²) in [6, 6.07) is -3.60. The first kappa shape index (κ1) is 26.1. The van der Waals surface area contributed by atoms with E-state index >= 15 is 0 Å². The van der Waals surface area contributed by atoms with Crippen molar-refractivity contribution in [2.45, 2.75) is 43.8 Å². The number of rotatable bonds is 14. The number of aliphatic carboxylic acids is 1. The molecule has 0 radical (unpaired) electrons. The molecule has 0 aliphatic rings. The van der Waals surface area contributed by atoms with E-state index in [1.165, 1.54) is 0 Å². The first-order valence-corrected chi connectivity index (χ1v) is 9.14. The fraction of sp³-hybridized carbons (Fsp3) is 0.600. The molecule has 3 atom stereocenters. The molecule has 0 aliphatic carbocycles. The third-order valence-electron chi connectivity index (χ3n) is 3.59. The molecule has 10 N–H and O–H groups in total. The van der Waals surface area contributed by atoms with Gasteiger partial charge in [-0.25, -0.2) is 4.79 Å². The third kappa shape index (κ3) is 11.5. The summed E-state index contributed by atoms with van der Waals surface area (Å²) in [6.45, 7) is -0.576. The number of amides is 5. The van der Waals surface area contributed by atoms with Gasteiger partial charge in [0.05, 0.1) is 12.6 Å². The number of hydrogen-bond donors (Lipinski definition) is 8. The first-order chi connectivity index (χ1) is 13.5. The van der Waals surface area contributed by atoms with Gasteiger partial charge in [-0.15, -0.1) is 0 Å². The van der Waals surface area contributed by atoms with Crippen molar-refractivity contribution in [1.82, 2.24) is 16.0 Å². The van der Waals surface area contributed by atoms with Crippen LogP contribution in [0, 0.1) is 0 Å². The number of carboxylic acids is 1. The van der Waals surface area contributed by atoms with Gasteiger partial charge in [-0.3, -0.25) is 24.0 Å². The van der Waals surface area contributed by atoms with Gasteiger partial charge in [-0.2, -0.15) is 12.6 Å². The Kier molecular flexibility index (Phi) is 12.0. The fourth-order valence-electron chi connectivity index (χ4n) is 1.98. The average Bonchev–Trinajstić information content (AvgIpc) is 2.64. The van der Waals surface area contributed by atoms with Crippen LogP contribution in [-0.2, 0) is 28.8 Å². The molecule has 13 nitrogen and oxygen atoms in total. The Bertz CT molecular complexity index is 645. The second-order valence-electron chi connectivity index (χ2n) is 6.04. The standard InChI is InChI=1S/C15H26N6O7S/c16-7(1-3-10(17)22)13(25)21-8(2-4-11(18)23)14(26)19-5-12(24)20-9(6-29)15(27)28/h7-9,29H,1-6,16H2,(H2,17,22)(H2,18,23)(H,19,26)(H,20,24)(H,21,25)(H,27,28). The summed E-state index contributed by atoms with van der Waals surface area (Å²) in [5, 5.41) is 15.5. The molecule has 0 spiro atoms. The van der Waals surface area contributed by atoms with E-state index in [0.29, 0.717) is 0 Å². The number of nitrogens with one attached hydrogen (secondary N) is 3. The Hall–Kier alpha value is -2.87. The molecular weight excluding hydrogens is 408 g/mol. The lowest BCUT2D eigenvalue weighted by molar-refractivity contribution is -0.141. The molecule has 3 unspecified atom stereocenters. The molecule has 0 rings (SSSR count). The molecule has 14 heteroatoms. The van der Waals surface area contributed by atoms with Crippen LogP contribution in [0.15, 0.2) is 0 Å². The Morgan fingerprint density at radius 2 is 1.41 bits per heavy atom. The molecule has 164 valence electrons. The molecule has 0 heterocycles. The van der Waals surface area contributed by atoms with E-state index in [9.17, 15) is 28.8 Å². The molecule has 29 heavy (non-hydrogen) atoms. The van der Waals surface area contributed by atoms with E-state index in [1.807, 2.05) is 0 Å². The van der Waals surface area contributed by atoms with Crippen LogP contribution in [0.25, 0.3) is 0 Å². The van der Waals surface area contributed by atoms with Crippen molar-refractivity contribution in [2.75, 3.05) is 12.3 Å². The van der Waals surface area contributed by atoms with E-state index in [2.05, 4.69) is 28.6 Å². The predicted octanol–water partition coefficient (Wildman–Crippen LogP) is -4.06. The average molecular weight is 434 g/mol. The quantitative estimate of drug-likeness (QED) is 0.125. The van der Waals surface area contributed by atoms with Crippen molar-refractivity contribution in [2.24, 2.45) is 17.2 Å². The highest BCUT2D eigenvalue weighted by Gasteiger charge is 2.25. The number of primary amides is 2. The van der Waals surface area contributed by atoms with Gasteiger partial charge in [-0.1, -0.05) is 0 Å². The van der Waals surface area contributed by atoms with Crippen LogP contribution in [0.1, 0.15) is 25.7 Å². The monoisotopic (exact) mass is 434 g/mol. The second-order valence-corrected chi connectivity index (χ2v) is 6.40. The van der Waals surface area contributed by atoms with E-state index in [4.69, 9.17) is 22.3 Å². The van der Waals surface area contributed by atoms with Gasteiger partial charge in [0.2, 0.25) is 29.5 Å². The van der Waals surface area contributed by atoms with Crippen molar-refractivity contribution >= 4 is 48.1 Å². The van der Waals surface area contributed by atoms with Crippen molar-refractivity contribution in [1.29, 1.82) is 0 Å². The minimum atomic E-state index is -1.30. The summed E-state index contributed by atoms with van der Waals surface area (Å²) in [4.78, 5) is 68.7. The Morgan fingerprint density at radius 3 is 1.90 bits per heavy atom. The van der Waals surface area contributed by atoms with Crippen LogP contribution in [0.2, 0.25) is 0 Å². The van der Waals surface area contributed by atoms with Crippen molar-refractivity contribution in [3.05, 3.63) is 0 Å². The Morgan fingerprint density at radius 1 is 0.862 bits per heavy atom. The molecule has 5 amide bonds. The van der Waals surface area contributed by atoms with Crippen LogP contribution in [-0.4, -0.2) is 71.0 Å². The van der Waals surface area contributed by atoms with Crippen molar-refractivity contribution in [3.8, 4) is 0 Å². The number of carbonyl (C=O) groups excluding carboxylic acids is 5. The number of thiol groups is 1. The number of carbonyl (C=O) groups is 6. The maximum absolute atomic E-state index is 12.3. The van der Waals surface area contributed by atoms with E-state index in [-0.39, 0.29) is 31.4 Å². The lowest BCUT2D eigenvalue weighted by Gasteiger charge is -2.20. The van der Waals surface area contributed by atoms with Crippen LogP contribution < -0.4 is 33.2 Å². The first-order valence-electron chi connectivity index (χ1n) is 8.51. The maximum atomic E-state index is 12.3. The Labute approximate surface area is 171 Å².